The fourth-order valence-corrected chi connectivity index (χ4v) is 1.86. The second-order valence-corrected chi connectivity index (χ2v) is 5.31. The van der Waals surface area contributed by atoms with E-state index in [1.807, 2.05) is 13.0 Å². The number of aryl methyl sites for hydroxylation is 1. The van der Waals surface area contributed by atoms with Crippen LogP contribution < -0.4 is 0 Å². The maximum Gasteiger partial charge on any atom is 0.338 e. The third-order valence-electron chi connectivity index (χ3n) is 2.61. The fourth-order valence-electron chi connectivity index (χ4n) is 1.62. The number of rotatable bonds is 5. The lowest BCUT2D eigenvalue weighted by Crippen LogP contribution is -2.17. The van der Waals surface area contributed by atoms with Crippen LogP contribution in [0.4, 0.5) is 0 Å². The van der Waals surface area contributed by atoms with Crippen molar-refractivity contribution in [1.82, 2.24) is 0 Å². The van der Waals surface area contributed by atoms with E-state index in [0.29, 0.717) is 17.7 Å². The zero-order valence-corrected chi connectivity index (χ0v) is 12.4. The number of hydrogen-bond donors (Lipinski definition) is 0. The van der Waals surface area contributed by atoms with Crippen LogP contribution in [0.1, 0.15) is 47.1 Å². The Morgan fingerprint density at radius 1 is 1.28 bits per heavy atom. The van der Waals surface area contributed by atoms with Crippen LogP contribution in [0.25, 0.3) is 0 Å². The molecule has 0 fully saturated rings. The lowest BCUT2D eigenvalue weighted by Gasteiger charge is -2.11. The number of Topliss-reactive ketones (excluding diaryl/α,β-unsaturated/α-hetero) is 1. The summed E-state index contributed by atoms with van der Waals surface area (Å²) in [6.45, 7) is 5.79. The van der Waals surface area contributed by atoms with Crippen LogP contribution >= 0.6 is 15.9 Å². The molecule has 1 aromatic rings. The van der Waals surface area contributed by atoms with Crippen LogP contribution in [0.5, 0.6) is 0 Å². The van der Waals surface area contributed by atoms with Crippen molar-refractivity contribution < 1.29 is 14.3 Å². The van der Waals surface area contributed by atoms with Crippen LogP contribution in [-0.2, 0) is 11.2 Å². The molecular weight excluding hydrogens is 296 g/mol. The minimum Gasteiger partial charge on any atom is -0.462 e. The predicted molar refractivity (Wildman–Crippen MR) is 74.5 cm³/mol. The van der Waals surface area contributed by atoms with Gasteiger partial charge >= 0.3 is 5.97 Å². The molecule has 0 aliphatic heterocycles. The molecule has 0 radical (unpaired) electrons. The van der Waals surface area contributed by atoms with Crippen molar-refractivity contribution in [2.45, 2.75) is 32.0 Å². The second-order valence-electron chi connectivity index (χ2n) is 3.93. The first-order valence-corrected chi connectivity index (χ1v) is 6.91. The number of esters is 1. The molecule has 0 aromatic heterocycles. The van der Waals surface area contributed by atoms with Crippen molar-refractivity contribution >= 4 is 27.7 Å². The number of carbonyl (C=O) groups excluding carboxylic acids is 2. The molecule has 0 saturated carbocycles. The van der Waals surface area contributed by atoms with Crippen molar-refractivity contribution in [3.05, 3.63) is 34.9 Å². The molecule has 18 heavy (non-hydrogen) atoms. The summed E-state index contributed by atoms with van der Waals surface area (Å²) in [6.07, 6.45) is 0.819. The van der Waals surface area contributed by atoms with E-state index in [2.05, 4.69) is 15.9 Å². The summed E-state index contributed by atoms with van der Waals surface area (Å²) in [5, 5.41) is 0. The quantitative estimate of drug-likeness (QED) is 0.475. The second kappa shape index (κ2) is 6.69. The summed E-state index contributed by atoms with van der Waals surface area (Å²) in [5.41, 5.74) is 1.79. The van der Waals surface area contributed by atoms with Crippen LogP contribution in [0.15, 0.2) is 18.2 Å². The van der Waals surface area contributed by atoms with Crippen LogP contribution in [0, 0.1) is 0 Å². The Balaban J connectivity index is 3.24. The van der Waals surface area contributed by atoms with Gasteiger partial charge in [-0.05, 0) is 38.0 Å². The summed E-state index contributed by atoms with van der Waals surface area (Å²) in [6, 6.07) is 5.29. The summed E-state index contributed by atoms with van der Waals surface area (Å²) in [4.78, 5) is 23.6. The van der Waals surface area contributed by atoms with Gasteiger partial charge in [0.2, 0.25) is 0 Å². The number of carbonyl (C=O) groups is 2. The van der Waals surface area contributed by atoms with Crippen molar-refractivity contribution in [2.24, 2.45) is 0 Å². The Hall–Kier alpha value is -1.16. The van der Waals surface area contributed by atoms with Gasteiger partial charge < -0.3 is 4.74 Å². The van der Waals surface area contributed by atoms with Crippen molar-refractivity contribution in [3.63, 3.8) is 0 Å². The highest BCUT2D eigenvalue weighted by molar-refractivity contribution is 9.10. The SMILES string of the molecule is CCOC(=O)c1ccc(CC)cc1C(=O)C(C)Br. The zero-order valence-electron chi connectivity index (χ0n) is 10.8. The van der Waals surface area contributed by atoms with Gasteiger partial charge in [0.05, 0.1) is 17.0 Å². The number of halogens is 1. The highest BCUT2D eigenvalue weighted by atomic mass is 79.9. The van der Waals surface area contributed by atoms with Gasteiger partial charge in [0.1, 0.15) is 0 Å². The number of hydrogen-bond acceptors (Lipinski definition) is 3. The third kappa shape index (κ3) is 3.42. The van der Waals surface area contributed by atoms with E-state index in [1.165, 1.54) is 0 Å². The number of benzene rings is 1. The van der Waals surface area contributed by atoms with Gasteiger partial charge in [0.25, 0.3) is 0 Å². The summed E-state index contributed by atoms with van der Waals surface area (Å²) in [5.74, 6) is -0.551. The Morgan fingerprint density at radius 2 is 1.94 bits per heavy atom. The first kappa shape index (κ1) is 14.9. The molecular formula is C14H17BrO3. The molecule has 3 nitrogen and oxygen atoms in total. The topological polar surface area (TPSA) is 43.4 Å². The minimum absolute atomic E-state index is 0.103. The summed E-state index contributed by atoms with van der Waals surface area (Å²) < 4.78 is 4.97. The Labute approximate surface area is 116 Å². The van der Waals surface area contributed by atoms with Crippen molar-refractivity contribution in [3.8, 4) is 0 Å². The monoisotopic (exact) mass is 312 g/mol. The van der Waals surface area contributed by atoms with Gasteiger partial charge in [-0.3, -0.25) is 4.79 Å². The first-order valence-electron chi connectivity index (χ1n) is 5.99. The van der Waals surface area contributed by atoms with Crippen LogP contribution in [-0.4, -0.2) is 23.2 Å². The third-order valence-corrected chi connectivity index (χ3v) is 3.03. The standard InChI is InChI=1S/C14H17BrO3/c1-4-10-6-7-11(14(17)18-5-2)12(8-10)13(16)9(3)15/h6-9H,4-5H2,1-3H3. The number of alkyl halides is 1. The van der Waals surface area contributed by atoms with Crippen LogP contribution in [0.3, 0.4) is 0 Å². The highest BCUT2D eigenvalue weighted by Gasteiger charge is 2.21. The Morgan fingerprint density at radius 3 is 2.44 bits per heavy atom. The van der Waals surface area contributed by atoms with E-state index in [0.717, 1.165) is 12.0 Å². The number of ketones is 1. The molecule has 1 atom stereocenters. The van der Waals surface area contributed by atoms with E-state index < -0.39 is 5.97 Å². The average molecular weight is 313 g/mol. The maximum absolute atomic E-state index is 12.1. The molecule has 1 aromatic carbocycles. The molecule has 1 rings (SSSR count). The molecule has 0 saturated heterocycles. The molecule has 98 valence electrons. The summed E-state index contributed by atoms with van der Waals surface area (Å²) >= 11 is 3.24. The summed E-state index contributed by atoms with van der Waals surface area (Å²) in [7, 11) is 0. The molecule has 0 aliphatic carbocycles. The molecule has 0 heterocycles. The molecule has 0 spiro atoms. The van der Waals surface area contributed by atoms with Crippen molar-refractivity contribution in [1.29, 1.82) is 0 Å². The number of ether oxygens (including phenoxy) is 1. The van der Waals surface area contributed by atoms with E-state index in [1.54, 1.807) is 26.0 Å². The van der Waals surface area contributed by atoms with E-state index in [9.17, 15) is 9.59 Å². The maximum atomic E-state index is 12.1. The minimum atomic E-state index is -0.448. The smallest absolute Gasteiger partial charge is 0.338 e. The van der Waals surface area contributed by atoms with E-state index in [4.69, 9.17) is 4.74 Å². The van der Waals surface area contributed by atoms with E-state index >= 15 is 0 Å². The lowest BCUT2D eigenvalue weighted by molar-refractivity contribution is 0.0523. The van der Waals surface area contributed by atoms with Gasteiger partial charge in [0.15, 0.2) is 5.78 Å². The van der Waals surface area contributed by atoms with Crippen LogP contribution in [0.2, 0.25) is 0 Å². The Bertz CT molecular complexity index is 452. The highest BCUT2D eigenvalue weighted by Crippen LogP contribution is 2.18. The van der Waals surface area contributed by atoms with Gasteiger partial charge in [-0.15, -0.1) is 0 Å². The molecule has 0 amide bonds. The molecule has 0 bridgehead atoms. The molecule has 1 unspecified atom stereocenters. The zero-order chi connectivity index (χ0) is 13.7. The molecule has 4 heteroatoms. The van der Waals surface area contributed by atoms with Gasteiger partial charge in [-0.25, -0.2) is 4.79 Å². The molecule has 0 aliphatic rings. The van der Waals surface area contributed by atoms with Crippen molar-refractivity contribution in [2.75, 3.05) is 6.61 Å². The normalized spacial score (nSPS) is 12.0. The fraction of sp³-hybridized carbons (Fsp3) is 0.429. The van der Waals surface area contributed by atoms with Gasteiger partial charge in [-0.1, -0.05) is 28.9 Å². The predicted octanol–water partition coefficient (Wildman–Crippen LogP) is 3.39. The Kier molecular flexibility index (Phi) is 5.54. The van der Waals surface area contributed by atoms with E-state index in [-0.39, 0.29) is 10.6 Å². The van der Waals surface area contributed by atoms with Gasteiger partial charge in [0, 0.05) is 5.56 Å². The largest absolute Gasteiger partial charge is 0.462 e. The molecule has 0 N–H and O–H groups in total. The first-order chi connectivity index (χ1) is 8.51. The van der Waals surface area contributed by atoms with Gasteiger partial charge in [-0.2, -0.15) is 0 Å². The average Bonchev–Trinajstić information content (AvgIpc) is 2.37. The lowest BCUT2D eigenvalue weighted by atomic mass is 9.98.